The fraction of sp³-hybridized carbons (Fsp3) is 0.143. The minimum atomic E-state index is 0.141. The summed E-state index contributed by atoms with van der Waals surface area (Å²) >= 11 is 0. The molecule has 0 amide bonds. The molecule has 5 nitrogen and oxygen atoms in total. The van der Waals surface area contributed by atoms with E-state index in [4.69, 9.17) is 5.11 Å². The van der Waals surface area contributed by atoms with E-state index in [2.05, 4.69) is 101 Å². The molecule has 0 spiro atoms. The van der Waals surface area contributed by atoms with Crippen LogP contribution in [0.25, 0.3) is 39.3 Å². The van der Waals surface area contributed by atoms with Crippen LogP contribution in [0.15, 0.2) is 91.1 Å². The van der Waals surface area contributed by atoms with Gasteiger partial charge in [-0.05, 0) is 52.4 Å². The molecule has 0 aliphatic rings. The molecule has 0 aliphatic heterocycles. The Balaban J connectivity index is 1.46. The van der Waals surface area contributed by atoms with Gasteiger partial charge in [-0.15, -0.1) is 10.2 Å². The van der Waals surface area contributed by atoms with Crippen molar-refractivity contribution in [3.05, 3.63) is 102 Å². The van der Waals surface area contributed by atoms with Crippen LogP contribution in [0.1, 0.15) is 11.1 Å². The highest BCUT2D eigenvalue weighted by Gasteiger charge is 2.12. The van der Waals surface area contributed by atoms with Gasteiger partial charge < -0.3 is 10.4 Å². The van der Waals surface area contributed by atoms with Gasteiger partial charge in [0, 0.05) is 24.8 Å². The number of aliphatic hydroxyl groups excluding tert-OH is 1. The lowest BCUT2D eigenvalue weighted by molar-refractivity contribution is 0.292. The van der Waals surface area contributed by atoms with E-state index in [1.165, 1.54) is 22.3 Å². The van der Waals surface area contributed by atoms with Crippen molar-refractivity contribution in [2.75, 3.05) is 13.2 Å². The first-order chi connectivity index (χ1) is 16.2. The Morgan fingerprint density at radius 3 is 2.30 bits per heavy atom. The fourth-order valence-electron chi connectivity index (χ4n) is 4.22. The number of nitrogens with zero attached hydrogens (tertiary/aromatic N) is 3. The zero-order valence-electron chi connectivity index (χ0n) is 18.6. The third-order valence-corrected chi connectivity index (χ3v) is 5.97. The number of pyridine rings is 1. The van der Waals surface area contributed by atoms with Gasteiger partial charge in [0.1, 0.15) is 0 Å². The van der Waals surface area contributed by atoms with Gasteiger partial charge in [0.25, 0.3) is 0 Å². The number of aromatic nitrogens is 3. The van der Waals surface area contributed by atoms with Crippen molar-refractivity contribution in [1.82, 2.24) is 19.9 Å². The molecule has 0 saturated heterocycles. The molecule has 0 atom stereocenters. The summed E-state index contributed by atoms with van der Waals surface area (Å²) in [5.41, 5.74) is 9.03. The molecule has 5 aromatic rings. The average molecular weight is 435 g/mol. The van der Waals surface area contributed by atoms with Crippen LogP contribution in [0.2, 0.25) is 0 Å². The number of fused-ring (bicyclic) bond motifs is 1. The van der Waals surface area contributed by atoms with Crippen LogP contribution >= 0.6 is 0 Å². The standard InChI is InChI=1S/C28H26N4O/c1-20-25(22-6-3-2-4-7-22)8-5-9-26(20)24-14-16-32-27(18-24)30-31-28(32)23-12-10-21(11-13-23)19-29-15-17-33/h2-14,16,18,29,33H,15,17,19H2,1H3. The molecule has 0 saturated carbocycles. The van der Waals surface area contributed by atoms with Gasteiger partial charge >= 0.3 is 0 Å². The van der Waals surface area contributed by atoms with Crippen molar-refractivity contribution < 1.29 is 5.11 Å². The SMILES string of the molecule is Cc1c(-c2ccccc2)cccc1-c1ccn2c(-c3ccc(CNCCO)cc3)nnc2c1. The maximum Gasteiger partial charge on any atom is 0.168 e. The van der Waals surface area contributed by atoms with Crippen molar-refractivity contribution in [2.24, 2.45) is 0 Å². The van der Waals surface area contributed by atoms with E-state index in [1.54, 1.807) is 0 Å². The van der Waals surface area contributed by atoms with Gasteiger partial charge in [0.05, 0.1) is 6.61 Å². The van der Waals surface area contributed by atoms with Crippen LogP contribution in [-0.2, 0) is 6.54 Å². The molecule has 2 N–H and O–H groups in total. The Labute approximate surface area is 193 Å². The number of nitrogens with one attached hydrogen (secondary N) is 1. The number of aliphatic hydroxyl groups is 1. The quantitative estimate of drug-likeness (QED) is 0.349. The third-order valence-electron chi connectivity index (χ3n) is 5.97. The van der Waals surface area contributed by atoms with Gasteiger partial charge in [0.15, 0.2) is 11.5 Å². The molecular weight excluding hydrogens is 408 g/mol. The maximum atomic E-state index is 8.91. The van der Waals surface area contributed by atoms with Crippen LogP contribution in [0.3, 0.4) is 0 Å². The zero-order chi connectivity index (χ0) is 22.6. The van der Waals surface area contributed by atoms with E-state index >= 15 is 0 Å². The van der Waals surface area contributed by atoms with E-state index in [9.17, 15) is 0 Å². The molecule has 0 bridgehead atoms. The predicted molar refractivity (Wildman–Crippen MR) is 133 cm³/mol. The number of benzene rings is 3. The fourth-order valence-corrected chi connectivity index (χ4v) is 4.22. The normalized spacial score (nSPS) is 11.2. The molecular formula is C28H26N4O. The van der Waals surface area contributed by atoms with Crippen LogP contribution < -0.4 is 5.32 Å². The Hall–Kier alpha value is -3.80. The summed E-state index contributed by atoms with van der Waals surface area (Å²) < 4.78 is 2.03. The summed E-state index contributed by atoms with van der Waals surface area (Å²) in [4.78, 5) is 0. The molecule has 0 fully saturated rings. The molecule has 5 heteroatoms. The first kappa shape index (κ1) is 21.1. The Morgan fingerprint density at radius 2 is 1.55 bits per heavy atom. The van der Waals surface area contributed by atoms with E-state index in [0.717, 1.165) is 34.7 Å². The van der Waals surface area contributed by atoms with Crippen molar-refractivity contribution in [2.45, 2.75) is 13.5 Å². The lowest BCUT2D eigenvalue weighted by atomic mass is 9.93. The van der Waals surface area contributed by atoms with E-state index in [-0.39, 0.29) is 6.61 Å². The highest BCUT2D eigenvalue weighted by Crippen LogP contribution is 2.32. The van der Waals surface area contributed by atoms with E-state index < -0.39 is 0 Å². The molecule has 0 unspecified atom stereocenters. The van der Waals surface area contributed by atoms with Gasteiger partial charge in [-0.3, -0.25) is 4.40 Å². The second-order valence-electron chi connectivity index (χ2n) is 8.11. The predicted octanol–water partition coefficient (Wildman–Crippen LogP) is 5.12. The molecule has 0 aliphatic carbocycles. The highest BCUT2D eigenvalue weighted by atomic mass is 16.3. The zero-order valence-corrected chi connectivity index (χ0v) is 18.6. The van der Waals surface area contributed by atoms with Gasteiger partial charge in [-0.1, -0.05) is 72.8 Å². The topological polar surface area (TPSA) is 62.5 Å². The molecule has 164 valence electrons. The van der Waals surface area contributed by atoms with Crippen LogP contribution in [0.4, 0.5) is 0 Å². The molecule has 2 heterocycles. The Kier molecular flexibility index (Phi) is 5.98. The van der Waals surface area contributed by atoms with Crippen molar-refractivity contribution in [3.8, 4) is 33.6 Å². The van der Waals surface area contributed by atoms with Gasteiger partial charge in [-0.2, -0.15) is 0 Å². The largest absolute Gasteiger partial charge is 0.395 e. The molecule has 5 rings (SSSR count). The van der Waals surface area contributed by atoms with Gasteiger partial charge in [-0.25, -0.2) is 0 Å². The average Bonchev–Trinajstić information content (AvgIpc) is 3.29. The lowest BCUT2D eigenvalue weighted by Gasteiger charge is -2.12. The second-order valence-corrected chi connectivity index (χ2v) is 8.11. The summed E-state index contributed by atoms with van der Waals surface area (Å²) in [6.45, 7) is 3.63. The monoisotopic (exact) mass is 434 g/mol. The minimum Gasteiger partial charge on any atom is -0.395 e. The smallest absolute Gasteiger partial charge is 0.168 e. The molecule has 3 aromatic carbocycles. The van der Waals surface area contributed by atoms with Crippen LogP contribution in [0, 0.1) is 6.92 Å². The van der Waals surface area contributed by atoms with Crippen LogP contribution in [-0.4, -0.2) is 32.9 Å². The van der Waals surface area contributed by atoms with Gasteiger partial charge in [0.2, 0.25) is 0 Å². The van der Waals surface area contributed by atoms with E-state index in [1.807, 2.05) is 16.7 Å². The number of hydrogen-bond donors (Lipinski definition) is 2. The van der Waals surface area contributed by atoms with Crippen molar-refractivity contribution >= 4 is 5.65 Å². The Bertz CT molecular complexity index is 1370. The molecule has 2 aromatic heterocycles. The highest BCUT2D eigenvalue weighted by molar-refractivity contribution is 5.79. The lowest BCUT2D eigenvalue weighted by Crippen LogP contribution is -2.17. The van der Waals surface area contributed by atoms with Crippen molar-refractivity contribution in [1.29, 1.82) is 0 Å². The second kappa shape index (κ2) is 9.36. The summed E-state index contributed by atoms with van der Waals surface area (Å²) in [7, 11) is 0. The van der Waals surface area contributed by atoms with Crippen molar-refractivity contribution in [3.63, 3.8) is 0 Å². The number of hydrogen-bond acceptors (Lipinski definition) is 4. The van der Waals surface area contributed by atoms with Crippen LogP contribution in [0.5, 0.6) is 0 Å². The molecule has 0 radical (unpaired) electrons. The summed E-state index contributed by atoms with van der Waals surface area (Å²) in [6, 6.07) is 29.4. The van der Waals surface area contributed by atoms with E-state index in [0.29, 0.717) is 6.54 Å². The first-order valence-electron chi connectivity index (χ1n) is 11.2. The minimum absolute atomic E-state index is 0.141. The summed E-state index contributed by atoms with van der Waals surface area (Å²) in [5.74, 6) is 0.821. The number of rotatable bonds is 7. The third kappa shape index (κ3) is 4.29. The molecule has 33 heavy (non-hydrogen) atoms. The summed E-state index contributed by atoms with van der Waals surface area (Å²) in [6.07, 6.45) is 2.05. The maximum absolute atomic E-state index is 8.91. The summed E-state index contributed by atoms with van der Waals surface area (Å²) in [5, 5.41) is 21.0. The first-order valence-corrected chi connectivity index (χ1v) is 11.2. The Morgan fingerprint density at radius 1 is 0.788 bits per heavy atom.